The molecule has 0 bridgehead atoms. The molecule has 29 heavy (non-hydrogen) atoms. The zero-order valence-corrected chi connectivity index (χ0v) is 16.0. The average molecular weight is 391 g/mol. The first-order valence-corrected chi connectivity index (χ1v) is 9.32. The minimum Gasteiger partial charge on any atom is -0.466 e. The summed E-state index contributed by atoms with van der Waals surface area (Å²) in [5.41, 5.74) is 1.77. The van der Waals surface area contributed by atoms with E-state index < -0.39 is 11.6 Å². The van der Waals surface area contributed by atoms with Crippen LogP contribution >= 0.6 is 0 Å². The fraction of sp³-hybridized carbons (Fsp3) is 0.227. The van der Waals surface area contributed by atoms with Crippen molar-refractivity contribution in [3.05, 3.63) is 71.9 Å². The maximum Gasteiger partial charge on any atom is 0.353 e. The summed E-state index contributed by atoms with van der Waals surface area (Å²) >= 11 is 0. The van der Waals surface area contributed by atoms with Crippen LogP contribution in [0.3, 0.4) is 0 Å². The van der Waals surface area contributed by atoms with E-state index in [1.54, 1.807) is 6.20 Å². The number of nitrogens with zero attached hydrogens (tertiary/aromatic N) is 1. The number of amides is 1. The molecule has 1 aliphatic heterocycles. The normalized spacial score (nSPS) is 18.2. The molecule has 2 heterocycles. The Balaban J connectivity index is 1.43. The number of ether oxygens (including phenoxy) is 1. The molecule has 0 saturated heterocycles. The Labute approximate surface area is 167 Å². The van der Waals surface area contributed by atoms with Crippen LogP contribution in [0.5, 0.6) is 0 Å². The molecule has 0 saturated carbocycles. The van der Waals surface area contributed by atoms with Crippen molar-refractivity contribution in [3.63, 3.8) is 0 Å². The third-order valence-corrected chi connectivity index (χ3v) is 5.02. The van der Waals surface area contributed by atoms with Gasteiger partial charge in [-0.2, -0.15) is 0 Å². The fourth-order valence-corrected chi connectivity index (χ4v) is 3.57. The van der Waals surface area contributed by atoms with Gasteiger partial charge >= 0.3 is 5.97 Å². The van der Waals surface area contributed by atoms with Crippen molar-refractivity contribution < 1.29 is 19.2 Å². The summed E-state index contributed by atoms with van der Waals surface area (Å²) in [5.74, 6) is -0.702. The average Bonchev–Trinajstić information content (AvgIpc) is 3.37. The molecule has 3 aromatic rings. The van der Waals surface area contributed by atoms with Gasteiger partial charge < -0.3 is 19.9 Å². The van der Waals surface area contributed by atoms with E-state index in [0.29, 0.717) is 17.7 Å². The van der Waals surface area contributed by atoms with Crippen LogP contribution in [0.2, 0.25) is 0 Å². The van der Waals surface area contributed by atoms with Crippen molar-refractivity contribution in [2.24, 2.45) is 5.16 Å². The highest BCUT2D eigenvalue weighted by Crippen LogP contribution is 2.30. The standard InChI is InChI=1S/C22H21N3O4/c1-28-21(27)22(11-15-7-3-2-4-8-15)12-16(25-29-22)13-24-20(26)18-14-23-19-10-6-5-9-17(18)19/h2-10,14,23H,11-13H2,1H3,(H,24,26). The predicted octanol–water partition coefficient (Wildman–Crippen LogP) is 2.83. The summed E-state index contributed by atoms with van der Waals surface area (Å²) in [4.78, 5) is 33.7. The van der Waals surface area contributed by atoms with E-state index in [1.807, 2.05) is 54.6 Å². The number of para-hydroxylation sites is 1. The van der Waals surface area contributed by atoms with Gasteiger partial charge in [-0.1, -0.05) is 53.7 Å². The second kappa shape index (κ2) is 7.79. The van der Waals surface area contributed by atoms with Gasteiger partial charge in [0.2, 0.25) is 5.60 Å². The summed E-state index contributed by atoms with van der Waals surface area (Å²) < 4.78 is 4.96. The number of carbonyl (C=O) groups excluding carboxylic acids is 2. The molecule has 4 rings (SSSR count). The molecular formula is C22H21N3O4. The number of oxime groups is 1. The van der Waals surface area contributed by atoms with Gasteiger partial charge in [-0.25, -0.2) is 4.79 Å². The largest absolute Gasteiger partial charge is 0.466 e. The number of benzene rings is 2. The molecule has 1 aromatic heterocycles. The van der Waals surface area contributed by atoms with E-state index in [0.717, 1.165) is 16.5 Å². The highest BCUT2D eigenvalue weighted by Gasteiger charge is 2.47. The van der Waals surface area contributed by atoms with Crippen LogP contribution in [-0.4, -0.2) is 41.8 Å². The summed E-state index contributed by atoms with van der Waals surface area (Å²) in [5, 5.41) is 7.77. The van der Waals surface area contributed by atoms with Gasteiger partial charge in [-0.3, -0.25) is 4.79 Å². The summed E-state index contributed by atoms with van der Waals surface area (Å²) in [6.07, 6.45) is 2.27. The molecule has 7 heteroatoms. The lowest BCUT2D eigenvalue weighted by Crippen LogP contribution is -2.43. The number of esters is 1. The maximum absolute atomic E-state index is 12.6. The number of aromatic nitrogens is 1. The Morgan fingerprint density at radius 1 is 1.17 bits per heavy atom. The number of fused-ring (bicyclic) bond motifs is 1. The number of H-pyrrole nitrogens is 1. The smallest absolute Gasteiger partial charge is 0.353 e. The first kappa shape index (κ1) is 18.7. The molecule has 0 spiro atoms. The lowest BCUT2D eigenvalue weighted by atomic mass is 9.89. The monoisotopic (exact) mass is 391 g/mol. The summed E-state index contributed by atoms with van der Waals surface area (Å²) in [7, 11) is 1.33. The number of rotatable bonds is 6. The lowest BCUT2D eigenvalue weighted by molar-refractivity contribution is -0.166. The number of methoxy groups -OCH3 is 1. The number of aromatic amines is 1. The Bertz CT molecular complexity index is 1070. The molecule has 2 aromatic carbocycles. The van der Waals surface area contributed by atoms with Crippen molar-refractivity contribution >= 4 is 28.5 Å². The quantitative estimate of drug-likeness (QED) is 0.632. The van der Waals surface area contributed by atoms with Crippen LogP contribution in [0.25, 0.3) is 10.9 Å². The molecule has 2 N–H and O–H groups in total. The number of nitrogens with one attached hydrogen (secondary N) is 2. The fourth-order valence-electron chi connectivity index (χ4n) is 3.57. The van der Waals surface area contributed by atoms with Crippen molar-refractivity contribution in [2.75, 3.05) is 13.7 Å². The molecule has 1 atom stereocenters. The van der Waals surface area contributed by atoms with Crippen molar-refractivity contribution in [1.29, 1.82) is 0 Å². The van der Waals surface area contributed by atoms with E-state index >= 15 is 0 Å². The number of carbonyl (C=O) groups is 2. The van der Waals surface area contributed by atoms with E-state index in [-0.39, 0.29) is 18.9 Å². The van der Waals surface area contributed by atoms with Crippen molar-refractivity contribution in [3.8, 4) is 0 Å². The molecule has 0 radical (unpaired) electrons. The van der Waals surface area contributed by atoms with Gasteiger partial charge in [0.25, 0.3) is 5.91 Å². The number of hydrogen-bond acceptors (Lipinski definition) is 5. The lowest BCUT2D eigenvalue weighted by Gasteiger charge is -2.23. The van der Waals surface area contributed by atoms with Crippen molar-refractivity contribution in [1.82, 2.24) is 10.3 Å². The van der Waals surface area contributed by atoms with Crippen LogP contribution in [0.4, 0.5) is 0 Å². The van der Waals surface area contributed by atoms with Crippen LogP contribution in [0.1, 0.15) is 22.3 Å². The highest BCUT2D eigenvalue weighted by atomic mass is 16.7. The minimum absolute atomic E-state index is 0.186. The topological polar surface area (TPSA) is 92.8 Å². The van der Waals surface area contributed by atoms with E-state index in [9.17, 15) is 9.59 Å². The molecule has 0 aliphatic carbocycles. The summed E-state index contributed by atoms with van der Waals surface area (Å²) in [6, 6.07) is 17.1. The second-order valence-corrected chi connectivity index (χ2v) is 7.00. The van der Waals surface area contributed by atoms with E-state index in [2.05, 4.69) is 15.5 Å². The summed E-state index contributed by atoms with van der Waals surface area (Å²) in [6.45, 7) is 0.186. The van der Waals surface area contributed by atoms with Crippen LogP contribution in [0, 0.1) is 0 Å². The molecule has 148 valence electrons. The van der Waals surface area contributed by atoms with Crippen LogP contribution in [0.15, 0.2) is 65.9 Å². The first-order chi connectivity index (χ1) is 14.1. The molecule has 1 aliphatic rings. The third kappa shape index (κ3) is 3.71. The van der Waals surface area contributed by atoms with Gasteiger partial charge in [0.1, 0.15) is 0 Å². The van der Waals surface area contributed by atoms with Crippen LogP contribution in [-0.2, 0) is 20.8 Å². The van der Waals surface area contributed by atoms with Gasteiger partial charge in [-0.15, -0.1) is 0 Å². The Kier molecular flexibility index (Phi) is 5.03. The zero-order valence-electron chi connectivity index (χ0n) is 16.0. The van der Waals surface area contributed by atoms with Gasteiger partial charge in [-0.05, 0) is 11.6 Å². The van der Waals surface area contributed by atoms with E-state index in [1.165, 1.54) is 7.11 Å². The molecule has 1 amide bonds. The van der Waals surface area contributed by atoms with E-state index in [4.69, 9.17) is 9.57 Å². The molecule has 1 unspecified atom stereocenters. The maximum atomic E-state index is 12.6. The second-order valence-electron chi connectivity index (χ2n) is 7.00. The third-order valence-electron chi connectivity index (χ3n) is 5.02. The Hall–Kier alpha value is -3.61. The van der Waals surface area contributed by atoms with Gasteiger partial charge in [0.15, 0.2) is 0 Å². The minimum atomic E-state index is -1.21. The Morgan fingerprint density at radius 3 is 2.72 bits per heavy atom. The predicted molar refractivity (Wildman–Crippen MR) is 109 cm³/mol. The van der Waals surface area contributed by atoms with Gasteiger partial charge in [0, 0.05) is 29.9 Å². The molecular weight excluding hydrogens is 370 g/mol. The zero-order chi connectivity index (χ0) is 20.3. The highest BCUT2D eigenvalue weighted by molar-refractivity contribution is 6.08. The van der Waals surface area contributed by atoms with Crippen LogP contribution < -0.4 is 5.32 Å². The molecule has 0 fully saturated rings. The number of hydrogen-bond donors (Lipinski definition) is 2. The SMILES string of the molecule is COC(=O)C1(Cc2ccccc2)CC(CNC(=O)c2c[nH]c3ccccc23)=NO1. The van der Waals surface area contributed by atoms with Crippen molar-refractivity contribution in [2.45, 2.75) is 18.4 Å². The molecule has 7 nitrogen and oxygen atoms in total. The first-order valence-electron chi connectivity index (χ1n) is 9.32. The van der Waals surface area contributed by atoms with Gasteiger partial charge in [0.05, 0.1) is 24.9 Å². The Morgan fingerprint density at radius 2 is 1.93 bits per heavy atom.